The lowest BCUT2D eigenvalue weighted by atomic mass is 10.1. The van der Waals surface area contributed by atoms with Crippen LogP contribution in [-0.2, 0) is 15.8 Å². The molecule has 0 radical (unpaired) electrons. The molecule has 0 saturated carbocycles. The second kappa shape index (κ2) is 4.57. The van der Waals surface area contributed by atoms with Crippen molar-refractivity contribution in [2.75, 3.05) is 0 Å². The van der Waals surface area contributed by atoms with Crippen LogP contribution in [0.4, 0.5) is 0 Å². The van der Waals surface area contributed by atoms with Crippen LogP contribution in [-0.4, -0.2) is 20.9 Å². The van der Waals surface area contributed by atoms with Crippen LogP contribution in [0.2, 0.25) is 0 Å². The fourth-order valence-corrected chi connectivity index (χ4v) is 1.76. The quantitative estimate of drug-likeness (QED) is 0.655. The number of carboxylic acids is 1. The van der Waals surface area contributed by atoms with Gasteiger partial charge in [0.15, 0.2) is 0 Å². The van der Waals surface area contributed by atoms with E-state index in [1.165, 1.54) is 18.2 Å². The molecule has 0 aromatic heterocycles. The van der Waals surface area contributed by atoms with Crippen LogP contribution < -0.4 is 5.30 Å². The predicted molar refractivity (Wildman–Crippen MR) is 54.1 cm³/mol. The van der Waals surface area contributed by atoms with Gasteiger partial charge < -0.3 is 14.9 Å². The number of carboxylic acid groups (broad SMARTS) is 1. The lowest BCUT2D eigenvalue weighted by molar-refractivity contribution is -0.136. The molecule has 0 aliphatic heterocycles. The molecule has 0 aliphatic carbocycles. The van der Waals surface area contributed by atoms with Crippen molar-refractivity contribution < 1.29 is 24.3 Å². The van der Waals surface area contributed by atoms with Crippen LogP contribution in [0.15, 0.2) is 24.3 Å². The van der Waals surface area contributed by atoms with Crippen molar-refractivity contribution in [3.8, 4) is 0 Å². The molecule has 0 spiro atoms. The predicted octanol–water partition coefficient (Wildman–Crippen LogP) is 0.507. The molecule has 0 atom stereocenters. The first kappa shape index (κ1) is 11.9. The van der Waals surface area contributed by atoms with E-state index in [-0.39, 0.29) is 18.1 Å². The molecule has 1 aromatic rings. The van der Waals surface area contributed by atoms with Crippen LogP contribution in [0.3, 0.4) is 0 Å². The highest BCUT2D eigenvalue weighted by atomic mass is 31.2. The maximum atomic E-state index is 10.9. The van der Waals surface area contributed by atoms with Crippen molar-refractivity contribution in [1.82, 2.24) is 0 Å². The molecular weight excluding hydrogens is 219 g/mol. The summed E-state index contributed by atoms with van der Waals surface area (Å²) >= 11 is 0. The average molecular weight is 230 g/mol. The molecule has 82 valence electrons. The third kappa shape index (κ3) is 3.83. The van der Waals surface area contributed by atoms with E-state index in [2.05, 4.69) is 0 Å². The molecule has 3 N–H and O–H groups in total. The van der Waals surface area contributed by atoms with Crippen molar-refractivity contribution in [2.45, 2.75) is 12.8 Å². The van der Waals surface area contributed by atoms with Gasteiger partial charge in [-0.15, -0.1) is 0 Å². The number of aryl methyl sites for hydroxylation is 1. The van der Waals surface area contributed by atoms with Gasteiger partial charge >= 0.3 is 13.6 Å². The van der Waals surface area contributed by atoms with Crippen molar-refractivity contribution in [1.29, 1.82) is 0 Å². The highest BCUT2D eigenvalue weighted by molar-refractivity contribution is 7.60. The minimum absolute atomic E-state index is 0.0510. The number of hydrogen-bond donors (Lipinski definition) is 3. The van der Waals surface area contributed by atoms with Crippen LogP contribution in [0, 0.1) is 0 Å². The zero-order valence-corrected chi connectivity index (χ0v) is 8.72. The van der Waals surface area contributed by atoms with Gasteiger partial charge in [-0.2, -0.15) is 0 Å². The zero-order chi connectivity index (χ0) is 11.5. The van der Waals surface area contributed by atoms with E-state index in [0.717, 1.165) is 0 Å². The van der Waals surface area contributed by atoms with Crippen LogP contribution in [0.1, 0.15) is 12.0 Å². The van der Waals surface area contributed by atoms with Gasteiger partial charge in [0, 0.05) is 6.42 Å². The van der Waals surface area contributed by atoms with Gasteiger partial charge in [0.05, 0.1) is 5.30 Å². The Hall–Kier alpha value is -1.16. The van der Waals surface area contributed by atoms with Crippen molar-refractivity contribution in [3.05, 3.63) is 29.8 Å². The van der Waals surface area contributed by atoms with Crippen LogP contribution in [0.5, 0.6) is 0 Å². The minimum atomic E-state index is -4.24. The van der Waals surface area contributed by atoms with E-state index in [1.54, 1.807) is 6.07 Å². The molecule has 0 bridgehead atoms. The van der Waals surface area contributed by atoms with Crippen molar-refractivity contribution in [2.24, 2.45) is 0 Å². The molecule has 15 heavy (non-hydrogen) atoms. The van der Waals surface area contributed by atoms with E-state index < -0.39 is 13.6 Å². The topological polar surface area (TPSA) is 94.8 Å². The van der Waals surface area contributed by atoms with Gasteiger partial charge in [-0.05, 0) is 24.1 Å². The molecule has 5 nitrogen and oxygen atoms in total. The Morgan fingerprint density at radius 3 is 2.53 bits per heavy atom. The summed E-state index contributed by atoms with van der Waals surface area (Å²) in [5.41, 5.74) is 0.609. The molecule has 0 unspecified atom stereocenters. The molecule has 0 heterocycles. The van der Waals surface area contributed by atoms with Crippen LogP contribution in [0.25, 0.3) is 0 Å². The molecule has 0 saturated heterocycles. The summed E-state index contributed by atoms with van der Waals surface area (Å²) in [6.45, 7) is 0. The summed E-state index contributed by atoms with van der Waals surface area (Å²) in [5, 5.41) is 8.37. The second-order valence-electron chi connectivity index (χ2n) is 3.11. The monoisotopic (exact) mass is 230 g/mol. The van der Waals surface area contributed by atoms with E-state index in [1.807, 2.05) is 0 Å². The first-order valence-corrected chi connectivity index (χ1v) is 5.87. The van der Waals surface area contributed by atoms with E-state index in [9.17, 15) is 9.36 Å². The third-order valence-corrected chi connectivity index (χ3v) is 2.83. The maximum absolute atomic E-state index is 10.9. The average Bonchev–Trinajstić information content (AvgIpc) is 2.14. The first-order chi connectivity index (χ1) is 6.89. The summed E-state index contributed by atoms with van der Waals surface area (Å²) < 4.78 is 10.9. The Labute approximate surface area is 86.5 Å². The summed E-state index contributed by atoms with van der Waals surface area (Å²) in [7, 11) is -4.24. The molecule has 1 aromatic carbocycles. The number of aliphatic carboxylic acids is 1. The number of rotatable bonds is 4. The standard InChI is InChI=1S/C9H11O5P/c10-9(11)5-4-7-2-1-3-8(6-7)15(12,13)14/h1-3,6H,4-5H2,(H,10,11)(H2,12,13,14). The second-order valence-corrected chi connectivity index (χ2v) is 4.71. The van der Waals surface area contributed by atoms with Crippen molar-refractivity contribution in [3.63, 3.8) is 0 Å². The zero-order valence-electron chi connectivity index (χ0n) is 7.83. The number of carbonyl (C=O) groups is 1. The smallest absolute Gasteiger partial charge is 0.356 e. The summed E-state index contributed by atoms with van der Waals surface area (Å²) in [6, 6.07) is 5.81. The van der Waals surface area contributed by atoms with Crippen LogP contribution >= 0.6 is 7.60 Å². The van der Waals surface area contributed by atoms with E-state index in [0.29, 0.717) is 5.56 Å². The van der Waals surface area contributed by atoms with Gasteiger partial charge in [0.25, 0.3) is 0 Å². The number of hydrogen-bond acceptors (Lipinski definition) is 2. The Morgan fingerprint density at radius 2 is 2.00 bits per heavy atom. The lowest BCUT2D eigenvalue weighted by Gasteiger charge is -2.05. The molecule has 0 aliphatic rings. The lowest BCUT2D eigenvalue weighted by Crippen LogP contribution is -2.05. The molecule has 0 fully saturated rings. The van der Waals surface area contributed by atoms with Gasteiger partial charge in [-0.1, -0.05) is 12.1 Å². The largest absolute Gasteiger partial charge is 0.481 e. The fourth-order valence-electron chi connectivity index (χ4n) is 1.14. The third-order valence-electron chi connectivity index (χ3n) is 1.87. The molecular formula is C9H11O5P. The Balaban J connectivity index is 2.84. The normalized spacial score (nSPS) is 11.3. The van der Waals surface area contributed by atoms with Gasteiger partial charge in [-0.25, -0.2) is 0 Å². The van der Waals surface area contributed by atoms with Gasteiger partial charge in [-0.3, -0.25) is 9.36 Å². The summed E-state index contributed by atoms with van der Waals surface area (Å²) in [5.74, 6) is -0.934. The highest BCUT2D eigenvalue weighted by Gasteiger charge is 2.16. The molecule has 0 amide bonds. The van der Waals surface area contributed by atoms with E-state index >= 15 is 0 Å². The Bertz CT molecular complexity index is 409. The molecule has 1 rings (SSSR count). The Morgan fingerprint density at radius 1 is 1.33 bits per heavy atom. The van der Waals surface area contributed by atoms with Gasteiger partial charge in [0.1, 0.15) is 0 Å². The summed E-state index contributed by atoms with van der Waals surface area (Å²) in [6.07, 6.45) is 0.216. The highest BCUT2D eigenvalue weighted by Crippen LogP contribution is 2.33. The molecule has 6 heteroatoms. The number of benzene rings is 1. The fraction of sp³-hybridized carbons (Fsp3) is 0.222. The van der Waals surface area contributed by atoms with Crippen molar-refractivity contribution >= 4 is 18.9 Å². The van der Waals surface area contributed by atoms with Gasteiger partial charge in [0.2, 0.25) is 0 Å². The summed E-state index contributed by atoms with van der Waals surface area (Å²) in [4.78, 5) is 28.1. The Kier molecular flexibility index (Phi) is 3.63. The SMILES string of the molecule is O=C(O)CCc1cccc(P(=O)(O)O)c1. The first-order valence-electron chi connectivity index (χ1n) is 4.26. The maximum Gasteiger partial charge on any atom is 0.356 e. The minimum Gasteiger partial charge on any atom is -0.481 e. The van der Waals surface area contributed by atoms with E-state index in [4.69, 9.17) is 14.9 Å².